The molecule has 1 atom stereocenters. The minimum atomic E-state index is -1.19. The van der Waals surface area contributed by atoms with Gasteiger partial charge in [0.05, 0.1) is 18.9 Å². The van der Waals surface area contributed by atoms with Crippen LogP contribution in [0.25, 0.3) is 0 Å². The van der Waals surface area contributed by atoms with Gasteiger partial charge in [-0.25, -0.2) is 0 Å². The lowest BCUT2D eigenvalue weighted by molar-refractivity contribution is -0.682. The molecular formula is C17H27N3O3. The third-order valence-corrected chi connectivity index (χ3v) is 3.63. The van der Waals surface area contributed by atoms with Gasteiger partial charge in [0, 0.05) is 25.5 Å². The molecule has 1 aromatic rings. The molecule has 6 nitrogen and oxygen atoms in total. The number of aliphatic carboxylic acids is 1. The Bertz CT molecular complexity index is 500. The average molecular weight is 321 g/mol. The Morgan fingerprint density at radius 1 is 1.22 bits per heavy atom. The van der Waals surface area contributed by atoms with Gasteiger partial charge >= 0.3 is 0 Å². The van der Waals surface area contributed by atoms with Crippen molar-refractivity contribution in [3.8, 4) is 0 Å². The van der Waals surface area contributed by atoms with Crippen LogP contribution in [0, 0.1) is 0 Å². The highest BCUT2D eigenvalue weighted by atomic mass is 16.4. The zero-order chi connectivity index (χ0) is 17.2. The number of hydrogen-bond acceptors (Lipinski definition) is 4. The fourth-order valence-electron chi connectivity index (χ4n) is 2.23. The molecule has 0 saturated heterocycles. The summed E-state index contributed by atoms with van der Waals surface area (Å²) in [5.41, 5.74) is 1.68. The second-order valence-corrected chi connectivity index (χ2v) is 5.85. The van der Waals surface area contributed by atoms with E-state index in [1.165, 1.54) is 0 Å². The van der Waals surface area contributed by atoms with Crippen molar-refractivity contribution in [1.82, 2.24) is 0 Å². The quantitative estimate of drug-likeness (QED) is 0.592. The molecule has 0 fully saturated rings. The van der Waals surface area contributed by atoms with Gasteiger partial charge in [-0.3, -0.25) is 4.79 Å². The van der Waals surface area contributed by atoms with Gasteiger partial charge < -0.3 is 25.4 Å². The minimum absolute atomic E-state index is 0.0934. The van der Waals surface area contributed by atoms with Gasteiger partial charge in [0.2, 0.25) is 5.91 Å². The molecule has 0 aliphatic rings. The van der Waals surface area contributed by atoms with Crippen molar-refractivity contribution in [2.45, 2.75) is 38.6 Å². The van der Waals surface area contributed by atoms with Crippen molar-refractivity contribution in [3.63, 3.8) is 0 Å². The maximum absolute atomic E-state index is 12.0. The Labute approximate surface area is 137 Å². The molecule has 0 saturated carbocycles. The largest absolute Gasteiger partial charge is 0.544 e. The fraction of sp³-hybridized carbons (Fsp3) is 0.529. The van der Waals surface area contributed by atoms with E-state index in [-0.39, 0.29) is 12.3 Å². The van der Waals surface area contributed by atoms with E-state index in [9.17, 15) is 14.7 Å². The Kier molecular flexibility index (Phi) is 8.11. The molecule has 0 heterocycles. The lowest BCUT2D eigenvalue weighted by Crippen LogP contribution is -2.93. The molecule has 0 aliphatic carbocycles. The zero-order valence-electron chi connectivity index (χ0n) is 14.2. The summed E-state index contributed by atoms with van der Waals surface area (Å²) in [5, 5.41) is 15.5. The Morgan fingerprint density at radius 2 is 1.87 bits per heavy atom. The molecule has 0 aliphatic heterocycles. The lowest BCUT2D eigenvalue weighted by atomic mass is 10.1. The van der Waals surface area contributed by atoms with Gasteiger partial charge in [-0.2, -0.15) is 0 Å². The number of amides is 1. The highest BCUT2D eigenvalue weighted by Gasteiger charge is 2.18. The number of carboxylic acid groups (broad SMARTS) is 1. The van der Waals surface area contributed by atoms with Gasteiger partial charge in [-0.05, 0) is 37.1 Å². The van der Waals surface area contributed by atoms with Crippen molar-refractivity contribution in [2.75, 3.05) is 30.9 Å². The molecule has 1 aromatic carbocycles. The molecule has 0 aromatic heterocycles. The lowest BCUT2D eigenvalue weighted by Gasteiger charge is -2.17. The maximum atomic E-state index is 12.0. The number of unbranched alkanes of at least 4 members (excludes halogenated alkanes) is 2. The summed E-state index contributed by atoms with van der Waals surface area (Å²) in [6, 6.07) is 6.54. The molecule has 6 heteroatoms. The van der Waals surface area contributed by atoms with Crippen LogP contribution in [0.2, 0.25) is 0 Å². The second-order valence-electron chi connectivity index (χ2n) is 5.85. The maximum Gasteiger partial charge on any atom is 0.230 e. The normalized spacial score (nSPS) is 11.8. The fourth-order valence-corrected chi connectivity index (χ4v) is 2.23. The number of rotatable bonds is 10. The van der Waals surface area contributed by atoms with E-state index in [1.807, 2.05) is 31.1 Å². The Morgan fingerprint density at radius 3 is 2.39 bits per heavy atom. The van der Waals surface area contributed by atoms with E-state index in [1.54, 1.807) is 17.4 Å². The molecule has 1 amide bonds. The van der Waals surface area contributed by atoms with Crippen LogP contribution in [0.4, 0.5) is 11.4 Å². The number of benzene rings is 1. The van der Waals surface area contributed by atoms with Crippen molar-refractivity contribution >= 4 is 23.3 Å². The van der Waals surface area contributed by atoms with Gasteiger partial charge in [0.15, 0.2) is 0 Å². The van der Waals surface area contributed by atoms with E-state index in [0.29, 0.717) is 12.2 Å². The monoisotopic (exact) mass is 321 g/mol. The van der Waals surface area contributed by atoms with Crippen LogP contribution in [0.1, 0.15) is 32.6 Å². The summed E-state index contributed by atoms with van der Waals surface area (Å²) in [6.07, 6.45) is 2.98. The summed E-state index contributed by atoms with van der Waals surface area (Å²) < 4.78 is 0. The summed E-state index contributed by atoms with van der Waals surface area (Å²) in [6.45, 7) is 2.78. The Balaban J connectivity index is 2.49. The highest BCUT2D eigenvalue weighted by Crippen LogP contribution is 2.15. The van der Waals surface area contributed by atoms with Crippen LogP contribution in [0.3, 0.4) is 0 Å². The first kappa shape index (κ1) is 19.0. The van der Waals surface area contributed by atoms with Crippen LogP contribution in [-0.4, -0.2) is 38.6 Å². The van der Waals surface area contributed by atoms with E-state index in [4.69, 9.17) is 0 Å². The van der Waals surface area contributed by atoms with E-state index < -0.39 is 12.0 Å². The zero-order valence-corrected chi connectivity index (χ0v) is 14.2. The van der Waals surface area contributed by atoms with Crippen LogP contribution in [0.5, 0.6) is 0 Å². The average Bonchev–Trinajstić information content (AvgIpc) is 2.50. The summed E-state index contributed by atoms with van der Waals surface area (Å²) in [5.74, 6) is -1.51. The van der Waals surface area contributed by atoms with Gasteiger partial charge in [0.25, 0.3) is 0 Å². The van der Waals surface area contributed by atoms with Crippen molar-refractivity contribution in [2.24, 2.45) is 0 Å². The molecule has 0 radical (unpaired) electrons. The number of nitrogens with one attached hydrogen (secondary N) is 1. The highest BCUT2D eigenvalue weighted by molar-refractivity contribution is 5.93. The van der Waals surface area contributed by atoms with Gasteiger partial charge in [-0.15, -0.1) is 0 Å². The SMILES string of the molecule is CCCCC[NH2+][C@@H](CC(=O)Nc1ccc(N(C)C)cc1)C(=O)[O-]. The number of quaternary nitrogens is 1. The second kappa shape index (κ2) is 9.84. The van der Waals surface area contributed by atoms with Crippen molar-refractivity contribution in [3.05, 3.63) is 24.3 Å². The van der Waals surface area contributed by atoms with E-state index in [0.717, 1.165) is 24.9 Å². The summed E-state index contributed by atoms with van der Waals surface area (Å²) in [4.78, 5) is 25.1. The van der Waals surface area contributed by atoms with E-state index in [2.05, 4.69) is 12.2 Å². The number of nitrogens with two attached hydrogens (primary N) is 1. The topological polar surface area (TPSA) is 89.1 Å². The van der Waals surface area contributed by atoms with Crippen LogP contribution in [0.15, 0.2) is 24.3 Å². The number of carbonyl (C=O) groups is 2. The van der Waals surface area contributed by atoms with Crippen molar-refractivity contribution < 1.29 is 20.0 Å². The predicted octanol–water partition coefficient (Wildman–Crippen LogP) is -0.0467. The molecule has 0 bridgehead atoms. The predicted molar refractivity (Wildman–Crippen MR) is 89.1 cm³/mol. The molecule has 3 N–H and O–H groups in total. The number of carboxylic acids is 1. The summed E-state index contributed by atoms with van der Waals surface area (Å²) in [7, 11) is 3.87. The molecular weight excluding hydrogens is 294 g/mol. The van der Waals surface area contributed by atoms with Crippen LogP contribution in [-0.2, 0) is 9.59 Å². The number of hydrogen-bond donors (Lipinski definition) is 2. The first-order chi connectivity index (χ1) is 10.9. The van der Waals surface area contributed by atoms with Crippen molar-refractivity contribution in [1.29, 1.82) is 0 Å². The standard InChI is InChI=1S/C17H27N3O3/c1-4-5-6-11-18-15(17(22)23)12-16(21)19-13-7-9-14(10-8-13)20(2)3/h7-10,15,18H,4-6,11-12H2,1-3H3,(H,19,21)(H,22,23)/t15-/m0/s1. The van der Waals surface area contributed by atoms with E-state index >= 15 is 0 Å². The minimum Gasteiger partial charge on any atom is -0.544 e. The first-order valence-corrected chi connectivity index (χ1v) is 8.05. The molecule has 1 rings (SSSR count). The third kappa shape index (κ3) is 7.15. The smallest absolute Gasteiger partial charge is 0.230 e. The summed E-state index contributed by atoms with van der Waals surface area (Å²) >= 11 is 0. The molecule has 23 heavy (non-hydrogen) atoms. The molecule has 0 unspecified atom stereocenters. The first-order valence-electron chi connectivity index (χ1n) is 8.05. The Hall–Kier alpha value is -2.08. The molecule has 128 valence electrons. The van der Waals surface area contributed by atoms with Gasteiger partial charge in [-0.1, -0.05) is 13.3 Å². The third-order valence-electron chi connectivity index (χ3n) is 3.63. The van der Waals surface area contributed by atoms with Gasteiger partial charge in [0.1, 0.15) is 6.04 Å². The number of carbonyl (C=O) groups excluding carboxylic acids is 2. The molecule has 0 spiro atoms. The number of anilines is 2. The van der Waals surface area contributed by atoms with Crippen LogP contribution < -0.4 is 20.6 Å². The number of nitrogens with zero attached hydrogens (tertiary/aromatic N) is 1. The van der Waals surface area contributed by atoms with Crippen LogP contribution >= 0.6 is 0 Å².